The Bertz CT molecular complexity index is 495. The Hall–Kier alpha value is -1.53. The highest BCUT2D eigenvalue weighted by Crippen LogP contribution is 2.35. The van der Waals surface area contributed by atoms with Gasteiger partial charge in [0.1, 0.15) is 6.10 Å². The molecule has 1 amide bonds. The summed E-state index contributed by atoms with van der Waals surface area (Å²) in [4.78, 5) is 16.9. The van der Waals surface area contributed by atoms with E-state index in [-0.39, 0.29) is 30.4 Å². The number of alkyl halides is 2. The summed E-state index contributed by atoms with van der Waals surface area (Å²) in [5.41, 5.74) is -0.202. The first-order valence-corrected chi connectivity index (χ1v) is 7.53. The van der Waals surface area contributed by atoms with Gasteiger partial charge >= 0.3 is 0 Å². The van der Waals surface area contributed by atoms with E-state index in [1.807, 2.05) is 0 Å². The van der Waals surface area contributed by atoms with Gasteiger partial charge in [-0.3, -0.25) is 9.63 Å². The minimum absolute atomic E-state index is 0.0938. The van der Waals surface area contributed by atoms with Gasteiger partial charge in [0.25, 0.3) is 5.92 Å². The normalized spacial score (nSPS) is 20.5. The quantitative estimate of drug-likeness (QED) is 0.842. The van der Waals surface area contributed by atoms with Crippen molar-refractivity contribution >= 4 is 5.91 Å². The van der Waals surface area contributed by atoms with Crippen LogP contribution in [0.2, 0.25) is 0 Å². The average molecular weight is 313 g/mol. The van der Waals surface area contributed by atoms with Gasteiger partial charge in [-0.1, -0.05) is 30.3 Å². The summed E-state index contributed by atoms with van der Waals surface area (Å²) in [7, 11) is 0. The average Bonchev–Trinajstić information content (AvgIpc) is 2.87. The van der Waals surface area contributed by atoms with Gasteiger partial charge in [0.15, 0.2) is 0 Å². The van der Waals surface area contributed by atoms with Crippen molar-refractivity contribution in [3.05, 3.63) is 35.9 Å². The number of halogens is 2. The zero-order valence-electron chi connectivity index (χ0n) is 12.5. The van der Waals surface area contributed by atoms with Crippen LogP contribution in [0, 0.1) is 0 Å². The number of carbonyl (C=O) groups excluding carboxylic acids is 1. The molecule has 6 heteroatoms. The largest absolute Gasteiger partial charge is 0.386 e. The van der Waals surface area contributed by atoms with Crippen molar-refractivity contribution in [3.8, 4) is 0 Å². The number of hydrogen-bond acceptors (Lipinski definition) is 3. The molecular weight excluding hydrogens is 292 g/mol. The van der Waals surface area contributed by atoms with E-state index < -0.39 is 12.0 Å². The van der Waals surface area contributed by atoms with Crippen LogP contribution < -0.4 is 0 Å². The van der Waals surface area contributed by atoms with Crippen LogP contribution in [0.15, 0.2) is 30.3 Å². The Labute approximate surface area is 128 Å². The van der Waals surface area contributed by atoms with Crippen LogP contribution in [-0.4, -0.2) is 34.8 Å². The molecule has 1 fully saturated rings. The van der Waals surface area contributed by atoms with E-state index in [0.29, 0.717) is 19.4 Å². The van der Waals surface area contributed by atoms with Crippen molar-refractivity contribution < 1.29 is 23.5 Å². The molecule has 0 unspecified atom stereocenters. The van der Waals surface area contributed by atoms with E-state index in [0.717, 1.165) is 0 Å². The molecule has 0 aliphatic carbocycles. The summed E-state index contributed by atoms with van der Waals surface area (Å²) in [6.07, 6.45) is -0.661. The first-order valence-electron chi connectivity index (χ1n) is 7.53. The standard InChI is InChI=1S/C16H21F2NO3/c1-2-22-19-13(9-11-15(19)21)8-10-14(20)16(17,18)12-6-4-3-5-7-12/h3-7,13-14,20H,2,8-11H2,1H3/t13-,14+/m0/s1. The third-order valence-electron chi connectivity index (χ3n) is 3.89. The van der Waals surface area contributed by atoms with Crippen LogP contribution in [0.5, 0.6) is 0 Å². The molecule has 0 bridgehead atoms. The molecule has 0 radical (unpaired) electrons. The molecule has 0 saturated carbocycles. The van der Waals surface area contributed by atoms with Gasteiger partial charge in [-0.2, -0.15) is 8.78 Å². The highest BCUT2D eigenvalue weighted by atomic mass is 19.3. The Morgan fingerprint density at radius 2 is 2.09 bits per heavy atom. The second-order valence-corrected chi connectivity index (χ2v) is 5.41. The number of aliphatic hydroxyl groups excluding tert-OH is 1. The van der Waals surface area contributed by atoms with Gasteiger partial charge < -0.3 is 5.11 Å². The van der Waals surface area contributed by atoms with E-state index in [1.54, 1.807) is 13.0 Å². The van der Waals surface area contributed by atoms with E-state index in [1.165, 1.54) is 29.3 Å². The van der Waals surface area contributed by atoms with Crippen LogP contribution in [0.1, 0.15) is 38.2 Å². The molecule has 22 heavy (non-hydrogen) atoms. The zero-order chi connectivity index (χ0) is 16.2. The molecule has 1 saturated heterocycles. The molecular formula is C16H21F2NO3. The summed E-state index contributed by atoms with van der Waals surface area (Å²) in [6, 6.07) is 7.04. The first-order chi connectivity index (χ1) is 10.5. The molecule has 1 heterocycles. The molecule has 2 atom stereocenters. The van der Waals surface area contributed by atoms with Crippen molar-refractivity contribution in [1.29, 1.82) is 0 Å². The molecule has 1 aliphatic heterocycles. The first kappa shape index (κ1) is 16.8. The van der Waals surface area contributed by atoms with Crippen LogP contribution in [0.25, 0.3) is 0 Å². The fourth-order valence-electron chi connectivity index (χ4n) is 2.68. The van der Waals surface area contributed by atoms with Crippen LogP contribution in [0.4, 0.5) is 8.78 Å². The van der Waals surface area contributed by atoms with Crippen molar-refractivity contribution in [2.24, 2.45) is 0 Å². The van der Waals surface area contributed by atoms with Gasteiger partial charge in [-0.05, 0) is 26.2 Å². The maximum atomic E-state index is 14.2. The van der Waals surface area contributed by atoms with Crippen molar-refractivity contribution in [2.45, 2.75) is 50.7 Å². The number of nitrogens with zero attached hydrogens (tertiary/aromatic N) is 1. The Morgan fingerprint density at radius 1 is 1.41 bits per heavy atom. The molecule has 1 N–H and O–H groups in total. The predicted molar refractivity (Wildman–Crippen MR) is 77.1 cm³/mol. The zero-order valence-corrected chi connectivity index (χ0v) is 12.5. The van der Waals surface area contributed by atoms with E-state index >= 15 is 0 Å². The van der Waals surface area contributed by atoms with Gasteiger partial charge in [0.05, 0.1) is 12.6 Å². The van der Waals surface area contributed by atoms with Crippen LogP contribution in [0.3, 0.4) is 0 Å². The monoisotopic (exact) mass is 313 g/mol. The molecule has 1 aliphatic rings. The van der Waals surface area contributed by atoms with Crippen molar-refractivity contribution in [1.82, 2.24) is 5.06 Å². The molecule has 2 rings (SSSR count). The lowest BCUT2D eigenvalue weighted by Gasteiger charge is -2.27. The number of benzene rings is 1. The predicted octanol–water partition coefficient (Wildman–Crippen LogP) is 2.86. The lowest BCUT2D eigenvalue weighted by atomic mass is 9.97. The summed E-state index contributed by atoms with van der Waals surface area (Å²) in [5.74, 6) is -3.43. The molecule has 1 aromatic carbocycles. The van der Waals surface area contributed by atoms with Crippen LogP contribution in [-0.2, 0) is 15.6 Å². The second-order valence-electron chi connectivity index (χ2n) is 5.41. The number of amides is 1. The maximum absolute atomic E-state index is 14.2. The number of hydroxylamine groups is 2. The number of carbonyl (C=O) groups is 1. The van der Waals surface area contributed by atoms with Gasteiger partial charge in [0.2, 0.25) is 5.91 Å². The van der Waals surface area contributed by atoms with Crippen molar-refractivity contribution in [3.63, 3.8) is 0 Å². The maximum Gasteiger partial charge on any atom is 0.298 e. The van der Waals surface area contributed by atoms with E-state index in [9.17, 15) is 18.7 Å². The Kier molecular flexibility index (Phi) is 5.47. The smallest absolute Gasteiger partial charge is 0.298 e. The number of rotatable bonds is 7. The van der Waals surface area contributed by atoms with E-state index in [2.05, 4.69) is 0 Å². The molecule has 0 spiro atoms. The minimum atomic E-state index is -3.31. The molecule has 4 nitrogen and oxygen atoms in total. The van der Waals surface area contributed by atoms with Gasteiger partial charge in [-0.15, -0.1) is 0 Å². The third-order valence-corrected chi connectivity index (χ3v) is 3.89. The molecule has 0 aromatic heterocycles. The number of aliphatic hydroxyl groups is 1. The highest BCUT2D eigenvalue weighted by Gasteiger charge is 2.41. The SMILES string of the molecule is CCON1C(=O)CC[C@@H]1CC[C@@H](O)C(F)(F)c1ccccc1. The summed E-state index contributed by atoms with van der Waals surface area (Å²) in [6.45, 7) is 2.12. The molecule has 122 valence electrons. The summed E-state index contributed by atoms with van der Waals surface area (Å²) < 4.78 is 28.4. The van der Waals surface area contributed by atoms with E-state index in [4.69, 9.17) is 4.84 Å². The minimum Gasteiger partial charge on any atom is -0.386 e. The summed E-state index contributed by atoms with van der Waals surface area (Å²) in [5, 5.41) is 11.1. The lowest BCUT2D eigenvalue weighted by Crippen LogP contribution is -2.36. The third kappa shape index (κ3) is 3.62. The fourth-order valence-corrected chi connectivity index (χ4v) is 2.68. The van der Waals surface area contributed by atoms with Crippen LogP contribution >= 0.6 is 0 Å². The van der Waals surface area contributed by atoms with Gasteiger partial charge in [-0.25, -0.2) is 5.06 Å². The van der Waals surface area contributed by atoms with Crippen molar-refractivity contribution in [2.75, 3.05) is 6.61 Å². The Morgan fingerprint density at radius 3 is 2.73 bits per heavy atom. The topological polar surface area (TPSA) is 49.8 Å². The molecule has 1 aromatic rings. The second kappa shape index (κ2) is 7.15. The fraction of sp³-hybridized carbons (Fsp3) is 0.562. The lowest BCUT2D eigenvalue weighted by molar-refractivity contribution is -0.189. The summed E-state index contributed by atoms with van der Waals surface area (Å²) >= 11 is 0. The highest BCUT2D eigenvalue weighted by molar-refractivity contribution is 5.77. The number of hydrogen-bond donors (Lipinski definition) is 1. The Balaban J connectivity index is 1.95. The van der Waals surface area contributed by atoms with Gasteiger partial charge in [0, 0.05) is 12.0 Å².